The first-order valence-corrected chi connectivity index (χ1v) is 7.39. The van der Waals surface area contributed by atoms with Crippen molar-refractivity contribution >= 4 is 10.9 Å². The maximum absolute atomic E-state index is 5.80. The van der Waals surface area contributed by atoms with Crippen molar-refractivity contribution in [3.63, 3.8) is 0 Å². The molecule has 0 aliphatic carbocycles. The summed E-state index contributed by atoms with van der Waals surface area (Å²) in [7, 11) is 0. The van der Waals surface area contributed by atoms with Crippen molar-refractivity contribution < 1.29 is 0 Å². The maximum atomic E-state index is 5.80. The predicted octanol–water partition coefficient (Wildman–Crippen LogP) is 3.00. The molecule has 1 fully saturated rings. The van der Waals surface area contributed by atoms with Gasteiger partial charge in [-0.15, -0.1) is 0 Å². The summed E-state index contributed by atoms with van der Waals surface area (Å²) in [5.74, 6) is 0. The molecule has 1 aromatic carbocycles. The lowest BCUT2D eigenvalue weighted by Crippen LogP contribution is -2.24. The fourth-order valence-electron chi connectivity index (χ4n) is 3.07. The van der Waals surface area contributed by atoms with Crippen molar-refractivity contribution in [3.8, 4) is 0 Å². The molecule has 2 aromatic rings. The van der Waals surface area contributed by atoms with E-state index < -0.39 is 0 Å². The number of para-hydroxylation sites is 1. The summed E-state index contributed by atoms with van der Waals surface area (Å²) in [6.07, 6.45) is 5.46. The molecule has 3 heteroatoms. The first kappa shape index (κ1) is 12.7. The molecule has 1 saturated heterocycles. The van der Waals surface area contributed by atoms with Gasteiger partial charge in [0.15, 0.2) is 0 Å². The van der Waals surface area contributed by atoms with Crippen LogP contribution in [0.4, 0.5) is 0 Å². The number of hydrogen-bond donors (Lipinski definition) is 2. The molecule has 0 amide bonds. The van der Waals surface area contributed by atoms with Gasteiger partial charge < -0.3 is 10.7 Å². The van der Waals surface area contributed by atoms with Crippen LogP contribution in [0.1, 0.15) is 36.9 Å². The fourth-order valence-corrected chi connectivity index (χ4v) is 3.07. The standard InChI is InChI=1S/C16H23N3/c17-11-14-7-5-6-13-10-15(18-16(13)14)12-19-8-3-1-2-4-9-19/h5-7,10,18H,1-4,8-9,11-12,17H2. The Morgan fingerprint density at radius 3 is 2.63 bits per heavy atom. The molecular weight excluding hydrogens is 234 g/mol. The van der Waals surface area contributed by atoms with Crippen LogP contribution >= 0.6 is 0 Å². The highest BCUT2D eigenvalue weighted by molar-refractivity contribution is 5.83. The minimum absolute atomic E-state index is 0.598. The van der Waals surface area contributed by atoms with E-state index in [1.54, 1.807) is 0 Å². The summed E-state index contributed by atoms with van der Waals surface area (Å²) in [5, 5.41) is 1.28. The Balaban J connectivity index is 1.81. The van der Waals surface area contributed by atoms with Gasteiger partial charge in [-0.05, 0) is 37.6 Å². The summed E-state index contributed by atoms with van der Waals surface area (Å²) >= 11 is 0. The quantitative estimate of drug-likeness (QED) is 0.888. The first-order chi connectivity index (χ1) is 9.36. The average Bonchev–Trinajstić information content (AvgIpc) is 2.66. The Kier molecular flexibility index (Phi) is 3.85. The average molecular weight is 257 g/mol. The number of nitrogens with two attached hydrogens (primary N) is 1. The lowest BCUT2D eigenvalue weighted by Gasteiger charge is -2.18. The zero-order valence-corrected chi connectivity index (χ0v) is 11.5. The van der Waals surface area contributed by atoms with E-state index in [9.17, 15) is 0 Å². The highest BCUT2D eigenvalue weighted by atomic mass is 15.1. The normalized spacial score (nSPS) is 17.7. The second-order valence-electron chi connectivity index (χ2n) is 5.57. The minimum Gasteiger partial charge on any atom is -0.357 e. The summed E-state index contributed by atoms with van der Waals surface area (Å²) in [6.45, 7) is 4.11. The molecule has 3 N–H and O–H groups in total. The molecule has 0 radical (unpaired) electrons. The number of aromatic amines is 1. The lowest BCUT2D eigenvalue weighted by molar-refractivity contribution is 0.274. The third kappa shape index (κ3) is 2.82. The van der Waals surface area contributed by atoms with Gasteiger partial charge in [0.05, 0.1) is 5.52 Å². The number of H-pyrrole nitrogens is 1. The van der Waals surface area contributed by atoms with E-state index >= 15 is 0 Å². The molecule has 0 spiro atoms. The molecule has 1 aromatic heterocycles. The number of aromatic nitrogens is 1. The van der Waals surface area contributed by atoms with Gasteiger partial charge in [-0.25, -0.2) is 0 Å². The SMILES string of the molecule is NCc1cccc2cc(CN3CCCCCC3)[nH]c12. The number of fused-ring (bicyclic) bond motifs is 1. The van der Waals surface area contributed by atoms with Crippen LogP contribution in [0, 0.1) is 0 Å². The number of rotatable bonds is 3. The Morgan fingerprint density at radius 2 is 1.89 bits per heavy atom. The van der Waals surface area contributed by atoms with E-state index in [2.05, 4.69) is 34.1 Å². The third-order valence-corrected chi connectivity index (χ3v) is 4.11. The number of nitrogens with zero attached hydrogens (tertiary/aromatic N) is 1. The fraction of sp³-hybridized carbons (Fsp3) is 0.500. The third-order valence-electron chi connectivity index (χ3n) is 4.11. The van der Waals surface area contributed by atoms with Gasteiger partial charge in [-0.2, -0.15) is 0 Å². The van der Waals surface area contributed by atoms with Crippen molar-refractivity contribution in [2.45, 2.75) is 38.8 Å². The zero-order chi connectivity index (χ0) is 13.1. The summed E-state index contributed by atoms with van der Waals surface area (Å²) < 4.78 is 0. The predicted molar refractivity (Wildman–Crippen MR) is 79.9 cm³/mol. The molecule has 0 saturated carbocycles. The van der Waals surface area contributed by atoms with Crippen LogP contribution in [0.5, 0.6) is 0 Å². The summed E-state index contributed by atoms with van der Waals surface area (Å²) in [6, 6.07) is 8.64. The Hall–Kier alpha value is -1.32. The molecule has 1 aliphatic rings. The highest BCUT2D eigenvalue weighted by Gasteiger charge is 2.11. The molecule has 0 bridgehead atoms. The lowest BCUT2D eigenvalue weighted by atomic mass is 10.1. The molecule has 3 nitrogen and oxygen atoms in total. The molecule has 19 heavy (non-hydrogen) atoms. The van der Waals surface area contributed by atoms with Crippen molar-refractivity contribution in [2.24, 2.45) is 5.73 Å². The second-order valence-corrected chi connectivity index (χ2v) is 5.57. The van der Waals surface area contributed by atoms with Crippen LogP contribution in [0.3, 0.4) is 0 Å². The van der Waals surface area contributed by atoms with Gasteiger partial charge in [-0.3, -0.25) is 4.90 Å². The van der Waals surface area contributed by atoms with E-state index in [1.807, 2.05) is 0 Å². The van der Waals surface area contributed by atoms with Crippen LogP contribution in [0.25, 0.3) is 10.9 Å². The van der Waals surface area contributed by atoms with Crippen molar-refractivity contribution in [1.82, 2.24) is 9.88 Å². The second kappa shape index (κ2) is 5.76. The molecule has 0 unspecified atom stereocenters. The largest absolute Gasteiger partial charge is 0.357 e. The monoisotopic (exact) mass is 257 g/mol. The summed E-state index contributed by atoms with van der Waals surface area (Å²) in [4.78, 5) is 6.13. The number of likely N-dealkylation sites (tertiary alicyclic amines) is 1. The Bertz CT molecular complexity index is 536. The van der Waals surface area contributed by atoms with E-state index in [4.69, 9.17) is 5.73 Å². The maximum Gasteiger partial charge on any atom is 0.0501 e. The smallest absolute Gasteiger partial charge is 0.0501 e. The van der Waals surface area contributed by atoms with Gasteiger partial charge in [-0.1, -0.05) is 31.0 Å². The van der Waals surface area contributed by atoms with E-state index in [0.717, 1.165) is 6.54 Å². The summed E-state index contributed by atoms with van der Waals surface area (Å²) in [5.41, 5.74) is 9.54. The van der Waals surface area contributed by atoms with Gasteiger partial charge >= 0.3 is 0 Å². The molecule has 3 rings (SSSR count). The van der Waals surface area contributed by atoms with E-state index in [0.29, 0.717) is 6.54 Å². The zero-order valence-electron chi connectivity index (χ0n) is 11.5. The molecule has 102 valence electrons. The van der Waals surface area contributed by atoms with Gasteiger partial charge in [0.2, 0.25) is 0 Å². The molecular formula is C16H23N3. The highest BCUT2D eigenvalue weighted by Crippen LogP contribution is 2.21. The minimum atomic E-state index is 0.598. The van der Waals surface area contributed by atoms with Crippen LogP contribution < -0.4 is 5.73 Å². The number of hydrogen-bond acceptors (Lipinski definition) is 2. The van der Waals surface area contributed by atoms with Crippen LogP contribution in [-0.4, -0.2) is 23.0 Å². The van der Waals surface area contributed by atoms with Gasteiger partial charge in [0, 0.05) is 24.2 Å². The van der Waals surface area contributed by atoms with Crippen molar-refractivity contribution in [2.75, 3.05) is 13.1 Å². The topological polar surface area (TPSA) is 45.0 Å². The van der Waals surface area contributed by atoms with Gasteiger partial charge in [0.1, 0.15) is 0 Å². The Labute approximate surface area is 114 Å². The van der Waals surface area contributed by atoms with Crippen molar-refractivity contribution in [1.29, 1.82) is 0 Å². The van der Waals surface area contributed by atoms with Crippen LogP contribution in [-0.2, 0) is 13.1 Å². The molecule has 1 aliphatic heterocycles. The molecule has 0 atom stereocenters. The van der Waals surface area contributed by atoms with E-state index in [-0.39, 0.29) is 0 Å². The van der Waals surface area contributed by atoms with Crippen molar-refractivity contribution in [3.05, 3.63) is 35.5 Å². The van der Waals surface area contributed by atoms with Crippen LogP contribution in [0.2, 0.25) is 0 Å². The molecule has 2 heterocycles. The van der Waals surface area contributed by atoms with Gasteiger partial charge in [0.25, 0.3) is 0 Å². The number of benzene rings is 1. The number of nitrogens with one attached hydrogen (secondary N) is 1. The van der Waals surface area contributed by atoms with E-state index in [1.165, 1.54) is 60.9 Å². The van der Waals surface area contributed by atoms with Crippen LogP contribution in [0.15, 0.2) is 24.3 Å². The Morgan fingerprint density at radius 1 is 1.11 bits per heavy atom. The first-order valence-electron chi connectivity index (χ1n) is 7.39.